The van der Waals surface area contributed by atoms with Gasteiger partial charge < -0.3 is 4.90 Å². The average molecular weight is 188 g/mol. The summed E-state index contributed by atoms with van der Waals surface area (Å²) in [7, 11) is 2.03. The van der Waals surface area contributed by atoms with Crippen molar-refractivity contribution in [3.05, 3.63) is 29.3 Å². The smallest absolute Gasteiger partial charge is 0.0640 e. The first kappa shape index (κ1) is 10.6. The Morgan fingerprint density at radius 1 is 1.29 bits per heavy atom. The van der Waals surface area contributed by atoms with Crippen LogP contribution < -0.4 is 4.90 Å². The Bertz CT molecular complexity index is 330. The van der Waals surface area contributed by atoms with Crippen LogP contribution in [0.15, 0.2) is 18.2 Å². The van der Waals surface area contributed by atoms with E-state index in [4.69, 9.17) is 5.26 Å². The normalized spacial score (nSPS) is 9.57. The third-order valence-electron chi connectivity index (χ3n) is 2.38. The fourth-order valence-corrected chi connectivity index (χ4v) is 1.74. The van der Waals surface area contributed by atoms with Gasteiger partial charge in [-0.1, -0.05) is 18.2 Å². The lowest BCUT2D eigenvalue weighted by atomic mass is 10.1. The molecule has 0 saturated heterocycles. The molecule has 0 radical (unpaired) electrons. The minimum atomic E-state index is 0.574. The maximum atomic E-state index is 8.52. The van der Waals surface area contributed by atoms with Crippen molar-refractivity contribution >= 4 is 5.69 Å². The number of aryl methyl sites for hydroxylation is 2. The van der Waals surface area contributed by atoms with E-state index >= 15 is 0 Å². The zero-order valence-electron chi connectivity index (χ0n) is 9.04. The number of anilines is 1. The summed E-state index contributed by atoms with van der Waals surface area (Å²) in [5, 5.41) is 8.52. The highest BCUT2D eigenvalue weighted by atomic mass is 15.1. The number of para-hydroxylation sites is 1. The first-order valence-corrected chi connectivity index (χ1v) is 4.81. The summed E-state index contributed by atoms with van der Waals surface area (Å²) in [5.41, 5.74) is 3.79. The van der Waals surface area contributed by atoms with E-state index in [1.165, 1.54) is 16.8 Å². The number of nitrogens with zero attached hydrogens (tertiary/aromatic N) is 2. The molecule has 0 spiro atoms. The van der Waals surface area contributed by atoms with Crippen LogP contribution in [0.1, 0.15) is 17.5 Å². The molecule has 0 aliphatic rings. The van der Waals surface area contributed by atoms with Crippen LogP contribution in [0.2, 0.25) is 0 Å². The largest absolute Gasteiger partial charge is 0.373 e. The van der Waals surface area contributed by atoms with Crippen molar-refractivity contribution in [2.24, 2.45) is 0 Å². The lowest BCUT2D eigenvalue weighted by Gasteiger charge is -2.22. The van der Waals surface area contributed by atoms with Crippen LogP contribution in [-0.2, 0) is 0 Å². The van der Waals surface area contributed by atoms with Crippen LogP contribution in [0.25, 0.3) is 0 Å². The zero-order valence-corrected chi connectivity index (χ0v) is 9.04. The highest BCUT2D eigenvalue weighted by Gasteiger charge is 2.06. The summed E-state index contributed by atoms with van der Waals surface area (Å²) in [6.07, 6.45) is 0.574. The van der Waals surface area contributed by atoms with E-state index in [1.54, 1.807) is 0 Å². The second-order valence-corrected chi connectivity index (χ2v) is 3.57. The fraction of sp³-hybridized carbons (Fsp3) is 0.417. The minimum Gasteiger partial charge on any atom is -0.373 e. The molecule has 0 heterocycles. The van der Waals surface area contributed by atoms with Crippen LogP contribution in [0, 0.1) is 25.2 Å². The molecule has 0 bridgehead atoms. The summed E-state index contributed by atoms with van der Waals surface area (Å²) in [4.78, 5) is 2.15. The van der Waals surface area contributed by atoms with Gasteiger partial charge in [-0.2, -0.15) is 5.26 Å². The third-order valence-corrected chi connectivity index (χ3v) is 2.38. The van der Waals surface area contributed by atoms with Crippen LogP contribution in [0.5, 0.6) is 0 Å². The molecular weight excluding hydrogens is 172 g/mol. The topological polar surface area (TPSA) is 27.0 Å². The number of hydrogen-bond donors (Lipinski definition) is 0. The Balaban J connectivity index is 2.89. The first-order chi connectivity index (χ1) is 6.66. The number of hydrogen-bond acceptors (Lipinski definition) is 2. The lowest BCUT2D eigenvalue weighted by molar-refractivity contribution is 0.896. The van der Waals surface area contributed by atoms with E-state index in [9.17, 15) is 0 Å². The Kier molecular flexibility index (Phi) is 3.53. The van der Waals surface area contributed by atoms with Crippen molar-refractivity contribution in [2.75, 3.05) is 18.5 Å². The standard InChI is InChI=1S/C12H16N2/c1-10-6-4-7-11(2)12(10)14(3)9-5-8-13/h4,6-7H,5,9H2,1-3H3. The monoisotopic (exact) mass is 188 g/mol. The highest BCUT2D eigenvalue weighted by Crippen LogP contribution is 2.23. The molecule has 0 fully saturated rings. The van der Waals surface area contributed by atoms with Crippen LogP contribution in [0.4, 0.5) is 5.69 Å². The molecule has 74 valence electrons. The zero-order chi connectivity index (χ0) is 10.6. The summed E-state index contributed by atoms with van der Waals surface area (Å²) in [5.74, 6) is 0. The van der Waals surface area contributed by atoms with Crippen molar-refractivity contribution in [1.82, 2.24) is 0 Å². The summed E-state index contributed by atoms with van der Waals surface area (Å²) in [6.45, 7) is 5.00. The molecule has 2 nitrogen and oxygen atoms in total. The molecule has 1 aromatic rings. The van der Waals surface area contributed by atoms with Gasteiger partial charge in [0.1, 0.15) is 0 Å². The van der Waals surface area contributed by atoms with Crippen molar-refractivity contribution in [3.63, 3.8) is 0 Å². The van der Waals surface area contributed by atoms with E-state index in [-0.39, 0.29) is 0 Å². The van der Waals surface area contributed by atoms with E-state index in [0.717, 1.165) is 6.54 Å². The number of rotatable bonds is 3. The minimum absolute atomic E-state index is 0.574. The maximum Gasteiger partial charge on any atom is 0.0640 e. The van der Waals surface area contributed by atoms with Crippen molar-refractivity contribution in [3.8, 4) is 6.07 Å². The summed E-state index contributed by atoms with van der Waals surface area (Å²) in [6, 6.07) is 8.43. The Morgan fingerprint density at radius 2 is 1.86 bits per heavy atom. The van der Waals surface area contributed by atoms with Crippen molar-refractivity contribution in [1.29, 1.82) is 5.26 Å². The molecule has 0 aromatic heterocycles. The lowest BCUT2D eigenvalue weighted by Crippen LogP contribution is -2.20. The van der Waals surface area contributed by atoms with Gasteiger partial charge >= 0.3 is 0 Å². The predicted molar refractivity (Wildman–Crippen MR) is 59.4 cm³/mol. The molecule has 0 atom stereocenters. The van der Waals surface area contributed by atoms with Gasteiger partial charge in [-0.25, -0.2) is 0 Å². The molecule has 1 aromatic carbocycles. The van der Waals surface area contributed by atoms with Crippen molar-refractivity contribution < 1.29 is 0 Å². The van der Waals surface area contributed by atoms with E-state index in [1.807, 2.05) is 7.05 Å². The molecule has 0 amide bonds. The Hall–Kier alpha value is -1.49. The van der Waals surface area contributed by atoms with Gasteiger partial charge in [0.2, 0.25) is 0 Å². The second kappa shape index (κ2) is 4.66. The van der Waals surface area contributed by atoms with E-state index in [0.29, 0.717) is 6.42 Å². The molecule has 0 unspecified atom stereocenters. The van der Waals surface area contributed by atoms with Gasteiger partial charge in [0, 0.05) is 19.3 Å². The quantitative estimate of drug-likeness (QED) is 0.729. The number of benzene rings is 1. The van der Waals surface area contributed by atoms with Gasteiger partial charge in [0.25, 0.3) is 0 Å². The predicted octanol–water partition coefficient (Wildman–Crippen LogP) is 2.65. The molecule has 1 rings (SSSR count). The third kappa shape index (κ3) is 2.26. The Labute approximate surface area is 85.8 Å². The molecule has 14 heavy (non-hydrogen) atoms. The fourth-order valence-electron chi connectivity index (χ4n) is 1.74. The van der Waals surface area contributed by atoms with Crippen LogP contribution >= 0.6 is 0 Å². The Morgan fingerprint density at radius 3 is 2.36 bits per heavy atom. The van der Waals surface area contributed by atoms with Gasteiger partial charge in [0.15, 0.2) is 0 Å². The highest BCUT2D eigenvalue weighted by molar-refractivity contribution is 5.58. The molecular formula is C12H16N2. The summed E-state index contributed by atoms with van der Waals surface area (Å²) < 4.78 is 0. The molecule has 0 aliphatic heterocycles. The van der Waals surface area contributed by atoms with Gasteiger partial charge in [-0.3, -0.25) is 0 Å². The van der Waals surface area contributed by atoms with Crippen LogP contribution in [0.3, 0.4) is 0 Å². The summed E-state index contributed by atoms with van der Waals surface area (Å²) >= 11 is 0. The SMILES string of the molecule is Cc1cccc(C)c1N(C)CCC#N. The molecule has 0 aliphatic carbocycles. The molecule has 0 N–H and O–H groups in total. The maximum absolute atomic E-state index is 8.52. The van der Waals surface area contributed by atoms with E-state index in [2.05, 4.69) is 43.0 Å². The van der Waals surface area contributed by atoms with Gasteiger partial charge in [0.05, 0.1) is 12.5 Å². The van der Waals surface area contributed by atoms with Gasteiger partial charge in [-0.15, -0.1) is 0 Å². The second-order valence-electron chi connectivity index (χ2n) is 3.57. The molecule has 0 saturated carbocycles. The van der Waals surface area contributed by atoms with Gasteiger partial charge in [-0.05, 0) is 25.0 Å². The van der Waals surface area contributed by atoms with E-state index < -0.39 is 0 Å². The number of nitriles is 1. The van der Waals surface area contributed by atoms with Crippen LogP contribution in [-0.4, -0.2) is 13.6 Å². The average Bonchev–Trinajstić information content (AvgIpc) is 2.14. The molecule has 2 heteroatoms. The first-order valence-electron chi connectivity index (χ1n) is 4.81. The van der Waals surface area contributed by atoms with Crippen molar-refractivity contribution in [2.45, 2.75) is 20.3 Å².